The van der Waals surface area contributed by atoms with E-state index in [0.717, 1.165) is 6.54 Å². The first-order chi connectivity index (χ1) is 7.45. The molecule has 1 unspecified atom stereocenters. The summed E-state index contributed by atoms with van der Waals surface area (Å²) in [6.07, 6.45) is 8.91. The van der Waals surface area contributed by atoms with E-state index < -0.39 is 0 Å². The molecular formula is C13H13N2. The van der Waals surface area contributed by atoms with Crippen molar-refractivity contribution in [3.05, 3.63) is 54.6 Å². The van der Waals surface area contributed by atoms with Gasteiger partial charge in [0.15, 0.2) is 0 Å². The summed E-state index contributed by atoms with van der Waals surface area (Å²) in [5, 5.41) is 3.42. The zero-order valence-corrected chi connectivity index (χ0v) is 8.43. The number of nitrogens with one attached hydrogen (secondary N) is 1. The van der Waals surface area contributed by atoms with Crippen LogP contribution >= 0.6 is 0 Å². The summed E-state index contributed by atoms with van der Waals surface area (Å²) in [5.74, 6) is 0. The average molecular weight is 197 g/mol. The maximum absolute atomic E-state index is 3.42. The van der Waals surface area contributed by atoms with Crippen LogP contribution < -0.4 is 10.2 Å². The largest absolute Gasteiger partial charge is 0.343 e. The van der Waals surface area contributed by atoms with Gasteiger partial charge in [-0.1, -0.05) is 42.5 Å². The molecule has 0 spiro atoms. The first-order valence-corrected chi connectivity index (χ1v) is 5.24. The Kier molecular flexibility index (Phi) is 2.07. The van der Waals surface area contributed by atoms with Gasteiger partial charge in [0.1, 0.15) is 0 Å². The van der Waals surface area contributed by atoms with E-state index >= 15 is 0 Å². The molecule has 0 saturated carbocycles. The first-order valence-electron chi connectivity index (χ1n) is 5.24. The van der Waals surface area contributed by atoms with Crippen LogP contribution in [0.25, 0.3) is 6.08 Å². The predicted molar refractivity (Wildman–Crippen MR) is 63.2 cm³/mol. The molecule has 0 amide bonds. The van der Waals surface area contributed by atoms with Gasteiger partial charge >= 0.3 is 0 Å². The number of rotatable bonds is 1. The van der Waals surface area contributed by atoms with Crippen LogP contribution in [0.15, 0.2) is 42.5 Å². The lowest BCUT2D eigenvalue weighted by Crippen LogP contribution is -2.41. The van der Waals surface area contributed by atoms with Crippen LogP contribution in [0.1, 0.15) is 5.56 Å². The monoisotopic (exact) mass is 197 g/mol. The van der Waals surface area contributed by atoms with E-state index in [1.54, 1.807) is 0 Å². The number of anilines is 1. The Labute approximate surface area is 89.9 Å². The molecule has 2 heterocycles. The van der Waals surface area contributed by atoms with Gasteiger partial charge in [0, 0.05) is 12.2 Å². The van der Waals surface area contributed by atoms with Gasteiger partial charge in [-0.05, 0) is 11.6 Å². The highest BCUT2D eigenvalue weighted by atomic mass is 15.3. The molecule has 1 aromatic rings. The second-order valence-corrected chi connectivity index (χ2v) is 3.76. The molecule has 1 N–H and O–H groups in total. The minimum Gasteiger partial charge on any atom is -0.343 e. The minimum absolute atomic E-state index is 0.302. The fourth-order valence-electron chi connectivity index (χ4n) is 2.07. The number of nitrogens with zero attached hydrogens (tertiary/aromatic N) is 1. The van der Waals surface area contributed by atoms with Crippen molar-refractivity contribution in [1.82, 2.24) is 5.32 Å². The highest BCUT2D eigenvalue weighted by molar-refractivity contribution is 5.73. The van der Waals surface area contributed by atoms with Crippen LogP contribution in [0.2, 0.25) is 0 Å². The molecule has 0 bridgehead atoms. The lowest BCUT2D eigenvalue weighted by molar-refractivity contribution is 0.657. The van der Waals surface area contributed by atoms with Crippen LogP contribution in [0.4, 0.5) is 5.69 Å². The van der Waals surface area contributed by atoms with Gasteiger partial charge in [-0.25, -0.2) is 0 Å². The van der Waals surface area contributed by atoms with Crippen molar-refractivity contribution in [2.24, 2.45) is 0 Å². The summed E-state index contributed by atoms with van der Waals surface area (Å²) < 4.78 is 0. The molecule has 1 aromatic carbocycles. The fraction of sp³-hybridized carbons (Fsp3) is 0.154. The Morgan fingerprint density at radius 3 is 3.07 bits per heavy atom. The van der Waals surface area contributed by atoms with Gasteiger partial charge < -0.3 is 4.90 Å². The van der Waals surface area contributed by atoms with Crippen molar-refractivity contribution >= 4 is 11.8 Å². The van der Waals surface area contributed by atoms with Gasteiger partial charge in [0.2, 0.25) is 0 Å². The second-order valence-electron chi connectivity index (χ2n) is 3.76. The molecule has 2 aliphatic heterocycles. The Morgan fingerprint density at radius 2 is 2.20 bits per heavy atom. The highest BCUT2D eigenvalue weighted by Gasteiger charge is 2.21. The van der Waals surface area contributed by atoms with Crippen molar-refractivity contribution in [1.29, 1.82) is 0 Å². The van der Waals surface area contributed by atoms with Crippen LogP contribution in [0, 0.1) is 6.54 Å². The molecular weight excluding hydrogens is 184 g/mol. The van der Waals surface area contributed by atoms with Crippen molar-refractivity contribution in [3.63, 3.8) is 0 Å². The summed E-state index contributed by atoms with van der Waals surface area (Å²) in [6, 6.07) is 8.45. The molecule has 75 valence electrons. The lowest BCUT2D eigenvalue weighted by Gasteiger charge is -2.32. The summed E-state index contributed by atoms with van der Waals surface area (Å²) >= 11 is 0. The van der Waals surface area contributed by atoms with E-state index in [1.807, 2.05) is 0 Å². The summed E-state index contributed by atoms with van der Waals surface area (Å²) in [7, 11) is 0. The molecule has 3 rings (SSSR count). The standard InChI is InChI=1S/C13H13N2/c1-2-7-12-11(5-1)6-4-10-15(12)13-8-3-9-14-13/h1-8,10,13-14H,9H2. The van der Waals surface area contributed by atoms with Gasteiger partial charge in [-0.15, -0.1) is 0 Å². The van der Waals surface area contributed by atoms with E-state index in [-0.39, 0.29) is 0 Å². The average Bonchev–Trinajstić information content (AvgIpc) is 2.82. The molecule has 0 aromatic heterocycles. The zero-order chi connectivity index (χ0) is 10.1. The van der Waals surface area contributed by atoms with E-state index in [1.165, 1.54) is 11.3 Å². The number of hydrogen-bond donors (Lipinski definition) is 1. The van der Waals surface area contributed by atoms with Crippen molar-refractivity contribution in [3.8, 4) is 0 Å². The normalized spacial score (nSPS) is 23.2. The maximum atomic E-state index is 3.42. The SMILES string of the molecule is [CH]1C=Cc2ccccc2N1C1C=CCN1. The van der Waals surface area contributed by atoms with Crippen molar-refractivity contribution in [2.45, 2.75) is 6.17 Å². The Morgan fingerprint density at radius 1 is 1.27 bits per heavy atom. The molecule has 2 aliphatic rings. The van der Waals surface area contributed by atoms with Gasteiger partial charge in [0.25, 0.3) is 0 Å². The summed E-state index contributed by atoms with van der Waals surface area (Å²) in [6.45, 7) is 3.08. The van der Waals surface area contributed by atoms with E-state index in [4.69, 9.17) is 0 Å². The Bertz CT molecular complexity index is 420. The van der Waals surface area contributed by atoms with Crippen LogP contribution in [-0.2, 0) is 0 Å². The molecule has 1 radical (unpaired) electrons. The van der Waals surface area contributed by atoms with E-state index in [0.29, 0.717) is 6.17 Å². The quantitative estimate of drug-likeness (QED) is 0.694. The second kappa shape index (κ2) is 3.55. The Hall–Kier alpha value is -1.54. The van der Waals surface area contributed by atoms with Crippen LogP contribution in [-0.4, -0.2) is 12.7 Å². The topological polar surface area (TPSA) is 15.3 Å². The molecule has 2 nitrogen and oxygen atoms in total. The third-order valence-corrected chi connectivity index (χ3v) is 2.80. The third kappa shape index (κ3) is 1.47. The molecule has 15 heavy (non-hydrogen) atoms. The van der Waals surface area contributed by atoms with Crippen LogP contribution in [0.3, 0.4) is 0 Å². The molecule has 0 aliphatic carbocycles. The predicted octanol–water partition coefficient (Wildman–Crippen LogP) is 2.17. The zero-order valence-electron chi connectivity index (χ0n) is 8.43. The highest BCUT2D eigenvalue weighted by Crippen LogP contribution is 2.29. The summed E-state index contributed by atoms with van der Waals surface area (Å²) in [4.78, 5) is 2.26. The van der Waals surface area contributed by atoms with Gasteiger partial charge in [-0.3, -0.25) is 5.32 Å². The number of para-hydroxylation sites is 1. The number of fused-ring (bicyclic) bond motifs is 1. The maximum Gasteiger partial charge on any atom is 0.0996 e. The molecule has 2 heteroatoms. The molecule has 1 atom stereocenters. The smallest absolute Gasteiger partial charge is 0.0996 e. The first kappa shape index (κ1) is 8.74. The molecule has 0 fully saturated rings. The molecule has 0 saturated heterocycles. The van der Waals surface area contributed by atoms with Gasteiger partial charge in [0.05, 0.1) is 12.7 Å². The van der Waals surface area contributed by atoms with E-state index in [2.05, 4.69) is 65.3 Å². The van der Waals surface area contributed by atoms with Crippen molar-refractivity contribution < 1.29 is 0 Å². The third-order valence-electron chi connectivity index (χ3n) is 2.80. The summed E-state index contributed by atoms with van der Waals surface area (Å²) in [5.41, 5.74) is 2.55. The van der Waals surface area contributed by atoms with Crippen molar-refractivity contribution in [2.75, 3.05) is 11.4 Å². The number of benzene rings is 1. The van der Waals surface area contributed by atoms with Gasteiger partial charge in [-0.2, -0.15) is 0 Å². The Balaban J connectivity index is 1.98. The fourth-order valence-corrected chi connectivity index (χ4v) is 2.07. The van der Waals surface area contributed by atoms with E-state index in [9.17, 15) is 0 Å². The lowest BCUT2D eigenvalue weighted by atomic mass is 10.1. The number of hydrogen-bond acceptors (Lipinski definition) is 2. The van der Waals surface area contributed by atoms with Crippen LogP contribution in [0.5, 0.6) is 0 Å². The minimum atomic E-state index is 0.302.